The lowest BCUT2D eigenvalue weighted by molar-refractivity contribution is 0.100. The summed E-state index contributed by atoms with van der Waals surface area (Å²) in [4.78, 5) is 22.6. The minimum atomic E-state index is -0.204. The highest BCUT2D eigenvalue weighted by Crippen LogP contribution is 2.21. The maximum absolute atomic E-state index is 12.2. The van der Waals surface area contributed by atoms with Crippen LogP contribution in [0.1, 0.15) is 15.9 Å². The van der Waals surface area contributed by atoms with Gasteiger partial charge in [-0.25, -0.2) is 4.98 Å². The van der Waals surface area contributed by atoms with E-state index in [9.17, 15) is 4.79 Å². The lowest BCUT2D eigenvalue weighted by Gasteiger charge is -2.17. The summed E-state index contributed by atoms with van der Waals surface area (Å²) in [6.45, 7) is 1.55. The van der Waals surface area contributed by atoms with E-state index in [1.165, 1.54) is 0 Å². The highest BCUT2D eigenvalue weighted by atomic mass is 35.5. The van der Waals surface area contributed by atoms with Crippen molar-refractivity contribution in [3.05, 3.63) is 64.9 Å². The predicted octanol–water partition coefficient (Wildman–Crippen LogP) is 3.48. The molecule has 4 nitrogen and oxygen atoms in total. The Hall–Kier alpha value is -1.85. The molecule has 0 N–H and O–H groups in total. The van der Waals surface area contributed by atoms with Crippen molar-refractivity contribution >= 4 is 34.4 Å². The Morgan fingerprint density at radius 1 is 1.27 bits per heavy atom. The van der Waals surface area contributed by atoms with Crippen molar-refractivity contribution in [2.24, 2.45) is 4.99 Å². The van der Waals surface area contributed by atoms with Gasteiger partial charge < -0.3 is 4.90 Å². The van der Waals surface area contributed by atoms with Gasteiger partial charge in [-0.1, -0.05) is 47.6 Å². The summed E-state index contributed by atoms with van der Waals surface area (Å²) in [7, 11) is 0. The highest BCUT2D eigenvalue weighted by molar-refractivity contribution is 8.14. The molecule has 1 aromatic heterocycles. The largest absolute Gasteiger partial charge is 0.346 e. The van der Waals surface area contributed by atoms with Gasteiger partial charge in [0.2, 0.25) is 0 Å². The van der Waals surface area contributed by atoms with E-state index in [2.05, 4.69) is 14.9 Å². The molecule has 1 aliphatic heterocycles. The molecule has 1 amide bonds. The van der Waals surface area contributed by atoms with Gasteiger partial charge in [0.1, 0.15) is 5.15 Å². The molecule has 0 bridgehead atoms. The van der Waals surface area contributed by atoms with Crippen LogP contribution in [0.4, 0.5) is 0 Å². The number of rotatable bonds is 3. The van der Waals surface area contributed by atoms with Crippen LogP contribution in [-0.4, -0.2) is 33.3 Å². The average molecular weight is 332 g/mol. The van der Waals surface area contributed by atoms with Gasteiger partial charge in [-0.3, -0.25) is 4.79 Å². The third-order valence-corrected chi connectivity index (χ3v) is 4.46. The summed E-state index contributed by atoms with van der Waals surface area (Å²) in [5.41, 5.74) is 1.65. The minimum absolute atomic E-state index is 0.204. The monoisotopic (exact) mass is 331 g/mol. The van der Waals surface area contributed by atoms with Crippen LogP contribution in [0.5, 0.6) is 0 Å². The van der Waals surface area contributed by atoms with Crippen molar-refractivity contribution in [3.63, 3.8) is 0 Å². The molecule has 0 spiro atoms. The van der Waals surface area contributed by atoms with E-state index >= 15 is 0 Å². The highest BCUT2D eigenvalue weighted by Gasteiger charge is 2.21. The van der Waals surface area contributed by atoms with E-state index < -0.39 is 0 Å². The first-order valence-corrected chi connectivity index (χ1v) is 8.25. The number of benzene rings is 1. The number of carbonyl (C=O) groups is 1. The first-order valence-electron chi connectivity index (χ1n) is 6.88. The van der Waals surface area contributed by atoms with Crippen molar-refractivity contribution in [3.8, 4) is 0 Å². The molecule has 6 heteroatoms. The molecule has 1 aliphatic rings. The number of amides is 1. The van der Waals surface area contributed by atoms with Gasteiger partial charge in [-0.2, -0.15) is 4.99 Å². The fraction of sp³-hybridized carbons (Fsp3) is 0.188. The second-order valence-corrected chi connectivity index (χ2v) is 6.27. The zero-order chi connectivity index (χ0) is 15.4. The van der Waals surface area contributed by atoms with Gasteiger partial charge in [0, 0.05) is 30.6 Å². The van der Waals surface area contributed by atoms with Crippen molar-refractivity contribution in [1.82, 2.24) is 9.88 Å². The third kappa shape index (κ3) is 3.67. The summed E-state index contributed by atoms with van der Waals surface area (Å²) < 4.78 is 0. The van der Waals surface area contributed by atoms with Crippen LogP contribution in [0.25, 0.3) is 0 Å². The van der Waals surface area contributed by atoms with Gasteiger partial charge in [-0.05, 0) is 23.8 Å². The molecule has 0 aliphatic carbocycles. The van der Waals surface area contributed by atoms with E-state index in [4.69, 9.17) is 11.6 Å². The first-order chi connectivity index (χ1) is 10.7. The topological polar surface area (TPSA) is 45.6 Å². The Balaban J connectivity index is 1.74. The fourth-order valence-corrected chi connectivity index (χ4v) is 3.23. The molecular formula is C16H14ClN3OS. The van der Waals surface area contributed by atoms with Crippen LogP contribution in [0, 0.1) is 0 Å². The van der Waals surface area contributed by atoms with Crippen molar-refractivity contribution in [1.29, 1.82) is 0 Å². The van der Waals surface area contributed by atoms with Crippen LogP contribution < -0.4 is 0 Å². The number of nitrogens with zero attached hydrogens (tertiary/aromatic N) is 3. The van der Waals surface area contributed by atoms with Crippen LogP contribution in [0.3, 0.4) is 0 Å². The van der Waals surface area contributed by atoms with E-state index in [-0.39, 0.29) is 5.91 Å². The summed E-state index contributed by atoms with van der Waals surface area (Å²) in [6.07, 6.45) is 1.75. The smallest absolute Gasteiger partial charge is 0.279 e. The Bertz CT molecular complexity index is 688. The van der Waals surface area contributed by atoms with Gasteiger partial charge >= 0.3 is 0 Å². The van der Waals surface area contributed by atoms with Crippen LogP contribution in [0.2, 0.25) is 5.15 Å². The van der Waals surface area contributed by atoms with Crippen LogP contribution in [0.15, 0.2) is 53.7 Å². The molecule has 0 radical (unpaired) electrons. The lowest BCUT2D eigenvalue weighted by atomic mass is 10.2. The Kier molecular flexibility index (Phi) is 4.75. The van der Waals surface area contributed by atoms with Crippen molar-refractivity contribution < 1.29 is 4.79 Å². The Morgan fingerprint density at radius 3 is 2.82 bits per heavy atom. The zero-order valence-corrected chi connectivity index (χ0v) is 13.3. The quantitative estimate of drug-likeness (QED) is 0.808. The Labute approximate surface area is 138 Å². The molecule has 22 heavy (non-hydrogen) atoms. The van der Waals surface area contributed by atoms with Crippen molar-refractivity contribution in [2.75, 3.05) is 12.3 Å². The molecule has 0 atom stereocenters. The molecule has 0 unspecified atom stereocenters. The van der Waals surface area contributed by atoms with E-state index in [1.54, 1.807) is 36.2 Å². The third-order valence-electron chi connectivity index (χ3n) is 3.24. The number of hydrogen-bond acceptors (Lipinski definition) is 3. The fourth-order valence-electron chi connectivity index (χ4n) is 2.14. The van der Waals surface area contributed by atoms with E-state index in [1.807, 2.05) is 24.3 Å². The number of amidine groups is 1. The summed E-state index contributed by atoms with van der Waals surface area (Å²) >= 11 is 7.40. The summed E-state index contributed by atoms with van der Waals surface area (Å²) in [6, 6.07) is 12.8. The normalized spacial score (nSPS) is 16.2. The molecule has 2 heterocycles. The second-order valence-electron chi connectivity index (χ2n) is 4.82. The second kappa shape index (κ2) is 6.94. The number of carbonyl (C=O) groups excluding carboxylic acids is 1. The number of hydrogen-bond donors (Lipinski definition) is 0. The maximum Gasteiger partial charge on any atom is 0.279 e. The molecule has 1 aromatic carbocycles. The SMILES string of the molecule is O=C(N=C1SCCN1Cc1ccc(Cl)nc1)c1ccccc1. The van der Waals surface area contributed by atoms with Gasteiger partial charge in [0.25, 0.3) is 5.91 Å². The first kappa shape index (κ1) is 15.1. The average Bonchev–Trinajstić information content (AvgIpc) is 2.97. The van der Waals surface area contributed by atoms with Crippen molar-refractivity contribution in [2.45, 2.75) is 6.54 Å². The van der Waals surface area contributed by atoms with Gasteiger partial charge in [-0.15, -0.1) is 0 Å². The molecule has 1 fully saturated rings. The molecule has 1 saturated heterocycles. The summed E-state index contributed by atoms with van der Waals surface area (Å²) in [5, 5.41) is 1.25. The van der Waals surface area contributed by atoms with E-state index in [0.717, 1.165) is 23.0 Å². The predicted molar refractivity (Wildman–Crippen MR) is 90.3 cm³/mol. The maximum atomic E-state index is 12.2. The number of aromatic nitrogens is 1. The molecule has 112 valence electrons. The van der Waals surface area contributed by atoms with Gasteiger partial charge in [0.15, 0.2) is 5.17 Å². The molecule has 3 rings (SSSR count). The number of halogens is 1. The number of pyridine rings is 1. The zero-order valence-electron chi connectivity index (χ0n) is 11.8. The Morgan fingerprint density at radius 2 is 2.09 bits per heavy atom. The van der Waals surface area contributed by atoms with E-state index in [0.29, 0.717) is 17.3 Å². The molecule has 0 saturated carbocycles. The standard InChI is InChI=1S/C16H14ClN3OS/c17-14-7-6-12(10-18-14)11-20-8-9-22-16(20)19-15(21)13-4-2-1-3-5-13/h1-7,10H,8-9,11H2. The van der Waals surface area contributed by atoms with Gasteiger partial charge in [0.05, 0.1) is 0 Å². The lowest BCUT2D eigenvalue weighted by Crippen LogP contribution is -2.24. The van der Waals surface area contributed by atoms with Crippen LogP contribution in [-0.2, 0) is 6.54 Å². The minimum Gasteiger partial charge on any atom is -0.346 e. The molecule has 2 aromatic rings. The molecular weight excluding hydrogens is 318 g/mol. The number of aliphatic imine (C=N–C) groups is 1. The number of thioether (sulfide) groups is 1. The summed E-state index contributed by atoms with van der Waals surface area (Å²) in [5.74, 6) is 0.728. The van der Waals surface area contributed by atoms with Crippen LogP contribution >= 0.6 is 23.4 Å².